The van der Waals surface area contributed by atoms with Gasteiger partial charge < -0.3 is 20.2 Å². The maximum atomic E-state index is 9.64. The number of nitrogens with zero attached hydrogens (tertiary/aromatic N) is 1. The highest BCUT2D eigenvalue weighted by atomic mass is 16.4. The second kappa shape index (κ2) is 13.9. The number of carboxylic acids is 2. The van der Waals surface area contributed by atoms with Crippen LogP contribution in [-0.4, -0.2) is 59.4 Å². The van der Waals surface area contributed by atoms with Crippen LogP contribution in [0.2, 0.25) is 0 Å². The Labute approximate surface area is 108 Å². The van der Waals surface area contributed by atoms with Crippen LogP contribution >= 0.6 is 0 Å². The summed E-state index contributed by atoms with van der Waals surface area (Å²) in [6.45, 7) is 1.52. The van der Waals surface area contributed by atoms with Gasteiger partial charge in [-0.2, -0.15) is 0 Å². The van der Waals surface area contributed by atoms with Crippen molar-refractivity contribution in [1.29, 1.82) is 0 Å². The van der Waals surface area contributed by atoms with Crippen molar-refractivity contribution < 1.29 is 24.9 Å². The smallest absolute Gasteiger partial charge is 0.303 e. The van der Waals surface area contributed by atoms with E-state index >= 15 is 0 Å². The first kappa shape index (κ1) is 19.2. The summed E-state index contributed by atoms with van der Waals surface area (Å²) in [4.78, 5) is 21.5. The molecule has 0 saturated carbocycles. The number of unbranched alkanes of at least 4 members (excludes halogenated alkanes) is 3. The van der Waals surface area contributed by atoms with Crippen molar-refractivity contribution in [2.75, 3.05) is 27.2 Å². The van der Waals surface area contributed by atoms with E-state index < -0.39 is 11.9 Å². The van der Waals surface area contributed by atoms with Crippen LogP contribution in [0.25, 0.3) is 0 Å². The highest BCUT2D eigenvalue weighted by Crippen LogP contribution is 1.98. The van der Waals surface area contributed by atoms with Gasteiger partial charge in [0.1, 0.15) is 0 Å². The van der Waals surface area contributed by atoms with Gasteiger partial charge in [0.15, 0.2) is 0 Å². The van der Waals surface area contributed by atoms with E-state index in [2.05, 4.69) is 19.0 Å². The lowest BCUT2D eigenvalue weighted by molar-refractivity contribution is -0.143. The first-order valence-electron chi connectivity index (χ1n) is 6.09. The standard InChI is InChI=1S/C8H19NO.C4H6O4/c1-9(2)7-5-3-4-6-8-10;5-3(6)1-2-4(7)8/h10H,3-8H2,1-2H3;1-2H2,(H,5,6)(H,7,8). The van der Waals surface area contributed by atoms with Crippen LogP contribution in [0.4, 0.5) is 0 Å². The first-order chi connectivity index (χ1) is 8.40. The van der Waals surface area contributed by atoms with Gasteiger partial charge in [0, 0.05) is 6.61 Å². The number of aliphatic hydroxyl groups is 1. The third-order valence-corrected chi connectivity index (χ3v) is 2.07. The minimum absolute atomic E-state index is 0.296. The van der Waals surface area contributed by atoms with E-state index in [1.807, 2.05) is 0 Å². The van der Waals surface area contributed by atoms with E-state index in [4.69, 9.17) is 15.3 Å². The quantitative estimate of drug-likeness (QED) is 0.538. The molecule has 0 rings (SSSR count). The molecule has 0 heterocycles. The molecule has 0 aliphatic rings. The van der Waals surface area contributed by atoms with Crippen LogP contribution in [0.15, 0.2) is 0 Å². The number of hydrogen-bond acceptors (Lipinski definition) is 4. The van der Waals surface area contributed by atoms with Crippen molar-refractivity contribution in [3.63, 3.8) is 0 Å². The molecule has 6 heteroatoms. The van der Waals surface area contributed by atoms with Crippen molar-refractivity contribution in [2.45, 2.75) is 38.5 Å². The molecule has 0 aromatic rings. The van der Waals surface area contributed by atoms with Crippen molar-refractivity contribution in [1.82, 2.24) is 4.90 Å². The lowest BCUT2D eigenvalue weighted by Crippen LogP contribution is -2.12. The Hall–Kier alpha value is -1.14. The van der Waals surface area contributed by atoms with Crippen molar-refractivity contribution in [3.8, 4) is 0 Å². The average Bonchev–Trinajstić information content (AvgIpc) is 2.26. The fourth-order valence-electron chi connectivity index (χ4n) is 1.11. The molecule has 0 unspecified atom stereocenters. The number of hydrogen-bond donors (Lipinski definition) is 3. The number of carboxylic acid groups (broad SMARTS) is 2. The number of rotatable bonds is 9. The van der Waals surface area contributed by atoms with Crippen LogP contribution < -0.4 is 0 Å². The Balaban J connectivity index is 0. The predicted octanol–water partition coefficient (Wildman–Crippen LogP) is 1.04. The molecular weight excluding hydrogens is 238 g/mol. The summed E-state index contributed by atoms with van der Waals surface area (Å²) in [6.07, 6.45) is 4.05. The van der Waals surface area contributed by atoms with Crippen molar-refractivity contribution >= 4 is 11.9 Å². The van der Waals surface area contributed by atoms with E-state index in [1.165, 1.54) is 25.8 Å². The van der Waals surface area contributed by atoms with Crippen LogP contribution in [0.3, 0.4) is 0 Å². The van der Waals surface area contributed by atoms with Crippen LogP contribution in [0, 0.1) is 0 Å². The minimum atomic E-state index is -1.08. The summed E-state index contributed by atoms with van der Waals surface area (Å²) in [5.74, 6) is -2.15. The second-order valence-electron chi connectivity index (χ2n) is 4.23. The van der Waals surface area contributed by atoms with Gasteiger partial charge in [-0.25, -0.2) is 0 Å². The normalized spacial score (nSPS) is 9.78. The highest BCUT2D eigenvalue weighted by Gasteiger charge is 2.00. The molecule has 108 valence electrons. The molecule has 18 heavy (non-hydrogen) atoms. The molecule has 0 bridgehead atoms. The summed E-state index contributed by atoms with van der Waals surface area (Å²) in [5.41, 5.74) is 0. The van der Waals surface area contributed by atoms with Gasteiger partial charge in [0.2, 0.25) is 0 Å². The Kier molecular flexibility index (Phi) is 14.9. The van der Waals surface area contributed by atoms with Gasteiger partial charge in [-0.15, -0.1) is 0 Å². The molecule has 0 saturated heterocycles. The minimum Gasteiger partial charge on any atom is -0.481 e. The van der Waals surface area contributed by atoms with Gasteiger partial charge in [0.05, 0.1) is 12.8 Å². The lowest BCUT2D eigenvalue weighted by atomic mass is 10.2. The summed E-state index contributed by atoms with van der Waals surface area (Å²) < 4.78 is 0. The summed E-state index contributed by atoms with van der Waals surface area (Å²) in [6, 6.07) is 0. The molecule has 0 atom stereocenters. The molecule has 0 radical (unpaired) electrons. The van der Waals surface area contributed by atoms with Crippen LogP contribution in [-0.2, 0) is 9.59 Å². The molecule has 0 aromatic heterocycles. The van der Waals surface area contributed by atoms with Gasteiger partial charge in [-0.3, -0.25) is 9.59 Å². The molecule has 0 spiro atoms. The van der Waals surface area contributed by atoms with Crippen molar-refractivity contribution in [3.05, 3.63) is 0 Å². The largest absolute Gasteiger partial charge is 0.481 e. The lowest BCUT2D eigenvalue weighted by Gasteiger charge is -2.07. The molecule has 3 N–H and O–H groups in total. The summed E-state index contributed by atoms with van der Waals surface area (Å²) in [5, 5.41) is 24.3. The van der Waals surface area contributed by atoms with E-state index in [1.54, 1.807) is 0 Å². The molecule has 0 aliphatic heterocycles. The molecule has 0 amide bonds. The van der Waals surface area contributed by atoms with E-state index in [9.17, 15) is 9.59 Å². The van der Waals surface area contributed by atoms with Crippen LogP contribution in [0.5, 0.6) is 0 Å². The van der Waals surface area contributed by atoms with Gasteiger partial charge in [0.25, 0.3) is 0 Å². The Morgan fingerprint density at radius 3 is 1.67 bits per heavy atom. The van der Waals surface area contributed by atoms with Crippen molar-refractivity contribution in [2.24, 2.45) is 0 Å². The topological polar surface area (TPSA) is 98.1 Å². The average molecular weight is 263 g/mol. The zero-order valence-electron chi connectivity index (χ0n) is 11.3. The third-order valence-electron chi connectivity index (χ3n) is 2.07. The molecule has 0 fully saturated rings. The fraction of sp³-hybridized carbons (Fsp3) is 0.833. The van der Waals surface area contributed by atoms with E-state index in [0.717, 1.165) is 6.42 Å². The SMILES string of the molecule is CN(C)CCCCCCO.O=C(O)CCC(=O)O. The molecule has 0 aliphatic carbocycles. The third kappa shape index (κ3) is 24.2. The highest BCUT2D eigenvalue weighted by molar-refractivity contribution is 5.75. The maximum Gasteiger partial charge on any atom is 0.303 e. The zero-order chi connectivity index (χ0) is 14.4. The summed E-state index contributed by atoms with van der Waals surface area (Å²) >= 11 is 0. The van der Waals surface area contributed by atoms with Gasteiger partial charge in [-0.1, -0.05) is 12.8 Å². The Morgan fingerprint density at radius 2 is 1.33 bits per heavy atom. The van der Waals surface area contributed by atoms with Gasteiger partial charge >= 0.3 is 11.9 Å². The fourth-order valence-corrected chi connectivity index (χ4v) is 1.11. The van der Waals surface area contributed by atoms with E-state index in [0.29, 0.717) is 6.61 Å². The Morgan fingerprint density at radius 1 is 0.889 bits per heavy atom. The molecule has 0 aromatic carbocycles. The second-order valence-corrected chi connectivity index (χ2v) is 4.23. The maximum absolute atomic E-state index is 9.64. The van der Waals surface area contributed by atoms with Gasteiger partial charge in [-0.05, 0) is 33.5 Å². The number of aliphatic carboxylic acids is 2. The van der Waals surface area contributed by atoms with E-state index in [-0.39, 0.29) is 12.8 Å². The first-order valence-corrected chi connectivity index (χ1v) is 6.09. The molecular formula is C12H25NO5. The van der Waals surface area contributed by atoms with Crippen LogP contribution in [0.1, 0.15) is 38.5 Å². The molecule has 6 nitrogen and oxygen atoms in total. The zero-order valence-corrected chi connectivity index (χ0v) is 11.3. The monoisotopic (exact) mass is 263 g/mol. The number of aliphatic hydroxyl groups excluding tert-OH is 1. The Bertz CT molecular complexity index is 205. The summed E-state index contributed by atoms with van der Waals surface area (Å²) in [7, 11) is 4.18. The number of carbonyl (C=O) groups is 2. The predicted molar refractivity (Wildman–Crippen MR) is 68.6 cm³/mol.